The number of carbonyl (C=O) groups excluding carboxylic acids is 1. The predicted molar refractivity (Wildman–Crippen MR) is 69.9 cm³/mol. The van der Waals surface area contributed by atoms with Crippen LogP contribution in [0, 0.1) is 5.92 Å². The molecule has 0 bridgehead atoms. The van der Waals surface area contributed by atoms with Gasteiger partial charge in [-0.1, -0.05) is 13.8 Å². The summed E-state index contributed by atoms with van der Waals surface area (Å²) < 4.78 is 0. The zero-order chi connectivity index (χ0) is 11.3. The van der Waals surface area contributed by atoms with E-state index in [0.29, 0.717) is 12.0 Å². The fourth-order valence-corrected chi connectivity index (χ4v) is 1.91. The maximum absolute atomic E-state index is 11.7. The summed E-state index contributed by atoms with van der Waals surface area (Å²) in [4.78, 5) is 11.7. The van der Waals surface area contributed by atoms with Crippen LogP contribution in [0.5, 0.6) is 0 Å². The van der Waals surface area contributed by atoms with Crippen molar-refractivity contribution in [3.8, 4) is 0 Å². The summed E-state index contributed by atoms with van der Waals surface area (Å²) in [6, 6.07) is 0.369. The van der Waals surface area contributed by atoms with Crippen LogP contribution in [0.3, 0.4) is 0 Å². The van der Waals surface area contributed by atoms with Crippen molar-refractivity contribution in [1.29, 1.82) is 0 Å². The third kappa shape index (κ3) is 5.71. The molecule has 0 saturated carbocycles. The van der Waals surface area contributed by atoms with E-state index >= 15 is 0 Å². The summed E-state index contributed by atoms with van der Waals surface area (Å²) in [7, 11) is 0. The van der Waals surface area contributed by atoms with Gasteiger partial charge in [0.25, 0.3) is 0 Å². The second kappa shape index (κ2) is 7.91. The first-order valence-electron chi connectivity index (χ1n) is 6.13. The molecule has 3 nitrogen and oxygen atoms in total. The topological polar surface area (TPSA) is 41.1 Å². The molecule has 1 rings (SSSR count). The summed E-state index contributed by atoms with van der Waals surface area (Å²) in [5.41, 5.74) is 0. The lowest BCUT2D eigenvalue weighted by molar-refractivity contribution is -0.123. The minimum absolute atomic E-state index is 0. The molecule has 2 N–H and O–H groups in total. The van der Waals surface area contributed by atoms with Crippen LogP contribution < -0.4 is 10.6 Å². The second-order valence-electron chi connectivity index (χ2n) is 5.03. The zero-order valence-corrected chi connectivity index (χ0v) is 11.4. The zero-order valence-electron chi connectivity index (χ0n) is 10.6. The Morgan fingerprint density at radius 1 is 1.38 bits per heavy atom. The Balaban J connectivity index is 0.00000225. The Morgan fingerprint density at radius 2 is 2.06 bits per heavy atom. The van der Waals surface area contributed by atoms with Gasteiger partial charge in [0.05, 0.1) is 6.04 Å². The van der Waals surface area contributed by atoms with Gasteiger partial charge in [0, 0.05) is 6.04 Å². The minimum Gasteiger partial charge on any atom is -0.352 e. The number of halogens is 1. The Morgan fingerprint density at radius 3 is 2.56 bits per heavy atom. The summed E-state index contributed by atoms with van der Waals surface area (Å²) in [6.45, 7) is 7.51. The molecule has 4 heteroatoms. The van der Waals surface area contributed by atoms with Crippen LogP contribution in [-0.2, 0) is 4.79 Å². The molecule has 96 valence electrons. The van der Waals surface area contributed by atoms with E-state index in [1.54, 1.807) is 0 Å². The molecule has 0 aliphatic carbocycles. The van der Waals surface area contributed by atoms with Crippen molar-refractivity contribution in [2.75, 3.05) is 6.54 Å². The van der Waals surface area contributed by atoms with Gasteiger partial charge in [0.2, 0.25) is 5.91 Å². The van der Waals surface area contributed by atoms with Crippen LogP contribution in [0.1, 0.15) is 46.5 Å². The average molecular weight is 249 g/mol. The minimum atomic E-state index is 0. The van der Waals surface area contributed by atoms with Gasteiger partial charge in [-0.3, -0.25) is 4.79 Å². The van der Waals surface area contributed by atoms with E-state index in [1.165, 1.54) is 6.42 Å². The Bertz CT molecular complexity index is 203. The van der Waals surface area contributed by atoms with Crippen molar-refractivity contribution in [3.63, 3.8) is 0 Å². The Hall–Kier alpha value is -0.280. The van der Waals surface area contributed by atoms with E-state index in [2.05, 4.69) is 31.4 Å². The van der Waals surface area contributed by atoms with Crippen molar-refractivity contribution in [3.05, 3.63) is 0 Å². The highest BCUT2D eigenvalue weighted by Crippen LogP contribution is 2.08. The van der Waals surface area contributed by atoms with E-state index in [-0.39, 0.29) is 24.4 Å². The SMILES string of the molecule is CC(C)CCC(C)NC(=O)C1CCCN1.Cl. The molecule has 0 radical (unpaired) electrons. The molecule has 2 unspecified atom stereocenters. The fourth-order valence-electron chi connectivity index (χ4n) is 1.91. The molecular formula is C12H25ClN2O. The molecular weight excluding hydrogens is 224 g/mol. The van der Waals surface area contributed by atoms with Gasteiger partial charge < -0.3 is 10.6 Å². The molecule has 0 spiro atoms. The van der Waals surface area contributed by atoms with E-state index < -0.39 is 0 Å². The van der Waals surface area contributed by atoms with Crippen LogP contribution in [0.25, 0.3) is 0 Å². The van der Waals surface area contributed by atoms with Crippen molar-refractivity contribution in [2.45, 2.75) is 58.5 Å². The summed E-state index contributed by atoms with van der Waals surface area (Å²) in [6.07, 6.45) is 4.37. The van der Waals surface area contributed by atoms with Crippen molar-refractivity contribution < 1.29 is 4.79 Å². The third-order valence-corrected chi connectivity index (χ3v) is 2.94. The van der Waals surface area contributed by atoms with E-state index in [4.69, 9.17) is 0 Å². The van der Waals surface area contributed by atoms with Crippen molar-refractivity contribution >= 4 is 18.3 Å². The molecule has 2 atom stereocenters. The summed E-state index contributed by atoms with van der Waals surface area (Å²) >= 11 is 0. The second-order valence-corrected chi connectivity index (χ2v) is 5.03. The highest BCUT2D eigenvalue weighted by Gasteiger charge is 2.22. The van der Waals surface area contributed by atoms with Crippen molar-refractivity contribution in [2.24, 2.45) is 5.92 Å². The number of carbonyl (C=O) groups is 1. The number of hydrogen-bond donors (Lipinski definition) is 2. The van der Waals surface area contributed by atoms with Gasteiger partial charge in [-0.15, -0.1) is 12.4 Å². The molecule has 16 heavy (non-hydrogen) atoms. The van der Waals surface area contributed by atoms with E-state index in [9.17, 15) is 4.79 Å². The molecule has 1 saturated heterocycles. The maximum Gasteiger partial charge on any atom is 0.237 e. The maximum atomic E-state index is 11.7. The Labute approximate surface area is 105 Å². The van der Waals surface area contributed by atoms with Crippen LogP contribution >= 0.6 is 12.4 Å². The van der Waals surface area contributed by atoms with Crippen LogP contribution in [-0.4, -0.2) is 24.5 Å². The molecule has 0 aromatic rings. The molecule has 1 fully saturated rings. The molecule has 1 aliphatic rings. The quantitative estimate of drug-likeness (QED) is 0.783. The van der Waals surface area contributed by atoms with Crippen LogP contribution in [0.2, 0.25) is 0 Å². The number of amides is 1. The monoisotopic (exact) mass is 248 g/mol. The lowest BCUT2D eigenvalue weighted by Crippen LogP contribution is -2.44. The first-order valence-corrected chi connectivity index (χ1v) is 6.13. The first kappa shape index (κ1) is 15.7. The highest BCUT2D eigenvalue weighted by atomic mass is 35.5. The van der Waals surface area contributed by atoms with Crippen LogP contribution in [0.15, 0.2) is 0 Å². The van der Waals surface area contributed by atoms with Gasteiger partial charge in [0.1, 0.15) is 0 Å². The molecule has 1 aliphatic heterocycles. The lowest BCUT2D eigenvalue weighted by Gasteiger charge is -2.17. The van der Waals surface area contributed by atoms with E-state index in [1.807, 2.05) is 0 Å². The van der Waals surface area contributed by atoms with Gasteiger partial charge in [0.15, 0.2) is 0 Å². The molecule has 0 aromatic heterocycles. The fraction of sp³-hybridized carbons (Fsp3) is 0.917. The molecule has 1 amide bonds. The normalized spacial score (nSPS) is 21.6. The van der Waals surface area contributed by atoms with Gasteiger partial charge in [-0.2, -0.15) is 0 Å². The van der Waals surface area contributed by atoms with Gasteiger partial charge >= 0.3 is 0 Å². The summed E-state index contributed by atoms with van der Waals surface area (Å²) in [5, 5.41) is 6.29. The van der Waals surface area contributed by atoms with Crippen LogP contribution in [0.4, 0.5) is 0 Å². The number of hydrogen-bond acceptors (Lipinski definition) is 2. The first-order chi connectivity index (χ1) is 7.09. The predicted octanol–water partition coefficient (Wildman–Crippen LogP) is 2.10. The third-order valence-electron chi connectivity index (χ3n) is 2.94. The average Bonchev–Trinajstić information content (AvgIpc) is 2.67. The molecule has 1 heterocycles. The Kier molecular flexibility index (Phi) is 7.77. The number of rotatable bonds is 5. The smallest absolute Gasteiger partial charge is 0.237 e. The molecule has 0 aromatic carbocycles. The lowest BCUT2D eigenvalue weighted by atomic mass is 10.0. The van der Waals surface area contributed by atoms with E-state index in [0.717, 1.165) is 25.8 Å². The van der Waals surface area contributed by atoms with Gasteiger partial charge in [-0.25, -0.2) is 0 Å². The standard InChI is InChI=1S/C12H24N2O.ClH/c1-9(2)6-7-10(3)14-12(15)11-5-4-8-13-11;/h9-11,13H,4-8H2,1-3H3,(H,14,15);1H. The number of nitrogens with one attached hydrogen (secondary N) is 2. The highest BCUT2D eigenvalue weighted by molar-refractivity contribution is 5.85. The van der Waals surface area contributed by atoms with Gasteiger partial charge in [-0.05, 0) is 45.1 Å². The largest absolute Gasteiger partial charge is 0.352 e. The summed E-state index contributed by atoms with van der Waals surface area (Å²) in [5.74, 6) is 0.901. The van der Waals surface area contributed by atoms with Crippen molar-refractivity contribution in [1.82, 2.24) is 10.6 Å².